The van der Waals surface area contributed by atoms with E-state index in [1.807, 2.05) is 6.20 Å². The summed E-state index contributed by atoms with van der Waals surface area (Å²) in [5, 5.41) is 4.83. The van der Waals surface area contributed by atoms with Gasteiger partial charge in [-0.25, -0.2) is 0 Å². The quantitative estimate of drug-likeness (QED) is 0.776. The van der Waals surface area contributed by atoms with Crippen LogP contribution in [0.5, 0.6) is 0 Å². The van der Waals surface area contributed by atoms with E-state index < -0.39 is 0 Å². The van der Waals surface area contributed by atoms with E-state index in [0.29, 0.717) is 6.04 Å². The molecule has 4 N–H and O–H groups in total. The minimum Gasteiger partial charge on any atom is -0.385 e. The first-order valence-corrected chi connectivity index (χ1v) is 6.88. The first kappa shape index (κ1) is 11.6. The van der Waals surface area contributed by atoms with E-state index in [2.05, 4.69) is 34.6 Å². The number of hydrogen-bond acceptors (Lipinski definition) is 2. The smallest absolute Gasteiger partial charge is 0.0455 e. The summed E-state index contributed by atoms with van der Waals surface area (Å²) in [5.41, 5.74) is 8.35. The lowest BCUT2D eigenvalue weighted by Crippen LogP contribution is -2.29. The molecule has 1 aromatic carbocycles. The van der Waals surface area contributed by atoms with Crippen LogP contribution in [0.25, 0.3) is 10.9 Å². The van der Waals surface area contributed by atoms with E-state index >= 15 is 0 Å². The lowest BCUT2D eigenvalue weighted by molar-refractivity contribution is 0.339. The van der Waals surface area contributed by atoms with Gasteiger partial charge in [0.15, 0.2) is 0 Å². The van der Waals surface area contributed by atoms with Crippen molar-refractivity contribution in [2.45, 2.75) is 31.7 Å². The largest absolute Gasteiger partial charge is 0.385 e. The molecule has 1 saturated carbocycles. The highest BCUT2D eigenvalue weighted by Gasteiger charge is 2.17. The van der Waals surface area contributed by atoms with Gasteiger partial charge < -0.3 is 16.0 Å². The van der Waals surface area contributed by atoms with Gasteiger partial charge in [0.1, 0.15) is 0 Å². The molecule has 0 bridgehead atoms. The van der Waals surface area contributed by atoms with E-state index in [4.69, 9.17) is 5.73 Å². The molecule has 1 aliphatic carbocycles. The Bertz CT molecular complexity index is 509. The molecule has 0 aliphatic heterocycles. The second-order valence-electron chi connectivity index (χ2n) is 5.44. The van der Waals surface area contributed by atoms with Gasteiger partial charge in [0.25, 0.3) is 0 Å². The van der Waals surface area contributed by atoms with Crippen molar-refractivity contribution < 1.29 is 0 Å². The maximum atomic E-state index is 5.93. The summed E-state index contributed by atoms with van der Waals surface area (Å²) in [6, 6.07) is 9.04. The van der Waals surface area contributed by atoms with Crippen LogP contribution in [0.3, 0.4) is 0 Å². The normalized spacial score (nSPS) is 24.3. The molecule has 0 saturated heterocycles. The van der Waals surface area contributed by atoms with Gasteiger partial charge >= 0.3 is 0 Å². The zero-order valence-corrected chi connectivity index (χ0v) is 10.7. The van der Waals surface area contributed by atoms with E-state index in [9.17, 15) is 0 Å². The van der Waals surface area contributed by atoms with E-state index in [1.165, 1.54) is 42.3 Å². The number of nitrogens with one attached hydrogen (secondary N) is 2. The molecule has 1 aliphatic rings. The van der Waals surface area contributed by atoms with Crippen molar-refractivity contribution >= 4 is 16.6 Å². The topological polar surface area (TPSA) is 53.8 Å². The average Bonchev–Trinajstić information content (AvgIpc) is 2.85. The zero-order valence-electron chi connectivity index (χ0n) is 10.7. The predicted octanol–water partition coefficient (Wildman–Crippen LogP) is 3.10. The summed E-state index contributed by atoms with van der Waals surface area (Å²) in [4.78, 5) is 3.22. The monoisotopic (exact) mass is 243 g/mol. The molecule has 0 spiro atoms. The van der Waals surface area contributed by atoms with E-state index in [0.717, 1.165) is 12.5 Å². The Morgan fingerprint density at radius 1 is 1.17 bits per heavy atom. The summed E-state index contributed by atoms with van der Waals surface area (Å²) >= 11 is 0. The fraction of sp³-hybridized carbons (Fsp3) is 0.467. The molecule has 1 fully saturated rings. The van der Waals surface area contributed by atoms with Crippen LogP contribution in [0.1, 0.15) is 25.7 Å². The number of fused-ring (bicyclic) bond motifs is 1. The SMILES string of the molecule is N[C@H]1CC[C@H](CNc2ccc3[nH]ccc3c2)CC1. The molecule has 0 amide bonds. The number of rotatable bonds is 3. The van der Waals surface area contributed by atoms with E-state index in [1.54, 1.807) is 0 Å². The van der Waals surface area contributed by atoms with Crippen LogP contribution >= 0.6 is 0 Å². The Balaban J connectivity index is 1.59. The molecule has 2 aromatic rings. The molecular weight excluding hydrogens is 222 g/mol. The van der Waals surface area contributed by atoms with Crippen LogP contribution < -0.4 is 11.1 Å². The molecule has 0 unspecified atom stereocenters. The Hall–Kier alpha value is -1.48. The Labute approximate surface area is 108 Å². The van der Waals surface area contributed by atoms with Gasteiger partial charge in [0.2, 0.25) is 0 Å². The molecule has 18 heavy (non-hydrogen) atoms. The first-order valence-electron chi connectivity index (χ1n) is 6.88. The van der Waals surface area contributed by atoms with Gasteiger partial charge in [-0.15, -0.1) is 0 Å². The summed E-state index contributed by atoms with van der Waals surface area (Å²) in [6.07, 6.45) is 6.88. The second-order valence-corrected chi connectivity index (χ2v) is 5.44. The third-order valence-electron chi connectivity index (χ3n) is 4.04. The maximum Gasteiger partial charge on any atom is 0.0455 e. The van der Waals surface area contributed by atoms with Gasteiger partial charge in [-0.2, -0.15) is 0 Å². The minimum atomic E-state index is 0.442. The molecule has 0 atom stereocenters. The highest BCUT2D eigenvalue weighted by molar-refractivity contribution is 5.82. The van der Waals surface area contributed by atoms with Crippen LogP contribution in [-0.4, -0.2) is 17.6 Å². The van der Waals surface area contributed by atoms with Crippen molar-refractivity contribution in [2.24, 2.45) is 11.7 Å². The fourth-order valence-electron chi connectivity index (χ4n) is 2.82. The number of nitrogens with two attached hydrogens (primary N) is 1. The van der Waals surface area contributed by atoms with Crippen molar-refractivity contribution in [3.05, 3.63) is 30.5 Å². The number of hydrogen-bond donors (Lipinski definition) is 3. The first-order chi connectivity index (χ1) is 8.81. The molecule has 96 valence electrons. The molecular formula is C15H21N3. The van der Waals surface area contributed by atoms with Gasteiger partial charge in [0.05, 0.1) is 0 Å². The molecule has 1 heterocycles. The van der Waals surface area contributed by atoms with Crippen LogP contribution in [0.2, 0.25) is 0 Å². The van der Waals surface area contributed by atoms with Gasteiger partial charge in [-0.05, 0) is 55.9 Å². The lowest BCUT2D eigenvalue weighted by atomic mass is 9.86. The van der Waals surface area contributed by atoms with Crippen LogP contribution in [0.15, 0.2) is 30.5 Å². The summed E-state index contributed by atoms with van der Waals surface area (Å²) in [7, 11) is 0. The minimum absolute atomic E-state index is 0.442. The Morgan fingerprint density at radius 2 is 2.00 bits per heavy atom. The van der Waals surface area contributed by atoms with Gasteiger partial charge in [-0.3, -0.25) is 0 Å². The van der Waals surface area contributed by atoms with Crippen molar-refractivity contribution in [3.8, 4) is 0 Å². The number of anilines is 1. The van der Waals surface area contributed by atoms with Crippen molar-refractivity contribution in [2.75, 3.05) is 11.9 Å². The summed E-state index contributed by atoms with van der Waals surface area (Å²) < 4.78 is 0. The molecule has 3 heteroatoms. The molecule has 3 rings (SSSR count). The van der Waals surface area contributed by atoms with Crippen LogP contribution in [-0.2, 0) is 0 Å². The highest BCUT2D eigenvalue weighted by atomic mass is 14.9. The van der Waals surface area contributed by atoms with Gasteiger partial charge in [-0.1, -0.05) is 0 Å². The average molecular weight is 243 g/mol. The Kier molecular flexibility index (Phi) is 3.24. The standard InChI is InChI=1S/C15H21N3/c16-13-3-1-11(2-4-13)10-18-14-5-6-15-12(9-14)7-8-17-15/h5-9,11,13,17-18H,1-4,10,16H2/t11-,13-. The van der Waals surface area contributed by atoms with Crippen molar-refractivity contribution in [1.82, 2.24) is 4.98 Å². The second kappa shape index (κ2) is 5.02. The lowest BCUT2D eigenvalue weighted by Gasteiger charge is -2.26. The van der Waals surface area contributed by atoms with E-state index in [-0.39, 0.29) is 0 Å². The number of aromatic amines is 1. The van der Waals surface area contributed by atoms with Crippen molar-refractivity contribution in [3.63, 3.8) is 0 Å². The van der Waals surface area contributed by atoms with Crippen LogP contribution in [0.4, 0.5) is 5.69 Å². The third-order valence-corrected chi connectivity index (χ3v) is 4.04. The highest BCUT2D eigenvalue weighted by Crippen LogP contribution is 2.24. The maximum absolute atomic E-state index is 5.93. The predicted molar refractivity (Wildman–Crippen MR) is 76.7 cm³/mol. The number of benzene rings is 1. The molecule has 1 aromatic heterocycles. The molecule has 0 radical (unpaired) electrons. The summed E-state index contributed by atoms with van der Waals surface area (Å²) in [6.45, 7) is 1.07. The molecule has 3 nitrogen and oxygen atoms in total. The summed E-state index contributed by atoms with van der Waals surface area (Å²) in [5.74, 6) is 0.784. The fourth-order valence-corrected chi connectivity index (χ4v) is 2.82. The number of H-pyrrole nitrogens is 1. The number of aromatic nitrogens is 1. The van der Waals surface area contributed by atoms with Crippen LogP contribution in [0, 0.1) is 5.92 Å². The third kappa shape index (κ3) is 2.51. The van der Waals surface area contributed by atoms with Crippen molar-refractivity contribution in [1.29, 1.82) is 0 Å². The zero-order chi connectivity index (χ0) is 12.4. The Morgan fingerprint density at radius 3 is 2.83 bits per heavy atom. The van der Waals surface area contributed by atoms with Gasteiger partial charge in [0, 0.05) is 35.4 Å².